The average molecular weight is 332 g/mol. The zero-order valence-electron chi connectivity index (χ0n) is 14.4. The summed E-state index contributed by atoms with van der Waals surface area (Å²) in [6.45, 7) is 4.10. The topological polar surface area (TPSA) is 35.5 Å². The Morgan fingerprint density at radius 2 is 1.48 bits per heavy atom. The van der Waals surface area contributed by atoms with Gasteiger partial charge in [-0.3, -0.25) is 0 Å². The summed E-state index contributed by atoms with van der Waals surface area (Å²) in [4.78, 5) is 12.5. The van der Waals surface area contributed by atoms with E-state index in [0.717, 1.165) is 12.0 Å². The summed E-state index contributed by atoms with van der Waals surface area (Å²) in [6, 6.07) is 22.3. The molecule has 0 saturated heterocycles. The van der Waals surface area contributed by atoms with Crippen molar-refractivity contribution in [3.8, 4) is 17.2 Å². The average Bonchev–Trinajstić information content (AvgIpc) is 2.64. The SMILES string of the molecule is CCc1ccc(OC(=O)c2ccccc2Oc2ccc(C)cc2)cc1. The summed E-state index contributed by atoms with van der Waals surface area (Å²) in [5.41, 5.74) is 2.74. The molecular weight excluding hydrogens is 312 g/mol. The first-order valence-electron chi connectivity index (χ1n) is 8.30. The Morgan fingerprint density at radius 3 is 2.16 bits per heavy atom. The van der Waals surface area contributed by atoms with E-state index in [1.165, 1.54) is 5.56 Å². The highest BCUT2D eigenvalue weighted by atomic mass is 16.5. The zero-order valence-corrected chi connectivity index (χ0v) is 14.4. The van der Waals surface area contributed by atoms with Crippen molar-refractivity contribution in [1.82, 2.24) is 0 Å². The third kappa shape index (κ3) is 4.27. The number of carbonyl (C=O) groups is 1. The van der Waals surface area contributed by atoms with E-state index >= 15 is 0 Å². The van der Waals surface area contributed by atoms with Crippen LogP contribution in [0.3, 0.4) is 0 Å². The van der Waals surface area contributed by atoms with Gasteiger partial charge >= 0.3 is 5.97 Å². The van der Waals surface area contributed by atoms with Gasteiger partial charge in [-0.2, -0.15) is 0 Å². The number of benzene rings is 3. The molecule has 3 rings (SSSR count). The van der Waals surface area contributed by atoms with Gasteiger partial charge in [0, 0.05) is 0 Å². The first-order chi connectivity index (χ1) is 12.2. The van der Waals surface area contributed by atoms with E-state index in [0.29, 0.717) is 22.8 Å². The van der Waals surface area contributed by atoms with Crippen LogP contribution in [0.4, 0.5) is 0 Å². The van der Waals surface area contributed by atoms with E-state index in [4.69, 9.17) is 9.47 Å². The Hall–Kier alpha value is -3.07. The maximum Gasteiger partial charge on any atom is 0.347 e. The lowest BCUT2D eigenvalue weighted by atomic mass is 10.1. The van der Waals surface area contributed by atoms with Crippen LogP contribution in [0.15, 0.2) is 72.8 Å². The van der Waals surface area contributed by atoms with E-state index < -0.39 is 5.97 Å². The monoisotopic (exact) mass is 332 g/mol. The standard InChI is InChI=1S/C22H20O3/c1-3-17-10-14-19(15-11-17)25-22(23)20-6-4-5-7-21(20)24-18-12-8-16(2)9-13-18/h4-15H,3H2,1-2H3. The summed E-state index contributed by atoms with van der Waals surface area (Å²) in [7, 11) is 0. The second kappa shape index (κ2) is 7.67. The van der Waals surface area contributed by atoms with Gasteiger partial charge in [0.15, 0.2) is 0 Å². The molecular formula is C22H20O3. The third-order valence-electron chi connectivity index (χ3n) is 3.90. The number of hydrogen-bond donors (Lipinski definition) is 0. The van der Waals surface area contributed by atoms with Crippen LogP contribution in [0.2, 0.25) is 0 Å². The first kappa shape index (κ1) is 16.8. The Labute approximate surface area is 147 Å². The summed E-state index contributed by atoms with van der Waals surface area (Å²) in [5.74, 6) is 1.24. The highest BCUT2D eigenvalue weighted by Crippen LogP contribution is 2.26. The predicted octanol–water partition coefficient (Wildman–Crippen LogP) is 5.57. The van der Waals surface area contributed by atoms with Gasteiger partial charge in [-0.15, -0.1) is 0 Å². The van der Waals surface area contributed by atoms with Crippen molar-refractivity contribution in [2.75, 3.05) is 0 Å². The minimum absolute atomic E-state index is 0.391. The van der Waals surface area contributed by atoms with Crippen molar-refractivity contribution < 1.29 is 14.3 Å². The van der Waals surface area contributed by atoms with E-state index in [1.807, 2.05) is 49.4 Å². The lowest BCUT2D eigenvalue weighted by molar-refractivity contribution is 0.0732. The second-order valence-electron chi connectivity index (χ2n) is 5.80. The highest BCUT2D eigenvalue weighted by molar-refractivity contribution is 5.94. The van der Waals surface area contributed by atoms with Gasteiger partial charge < -0.3 is 9.47 Å². The summed E-state index contributed by atoms with van der Waals surface area (Å²) in [6.07, 6.45) is 0.946. The van der Waals surface area contributed by atoms with Crippen molar-refractivity contribution in [3.05, 3.63) is 89.5 Å². The van der Waals surface area contributed by atoms with Crippen molar-refractivity contribution in [1.29, 1.82) is 0 Å². The van der Waals surface area contributed by atoms with Gasteiger partial charge in [-0.25, -0.2) is 4.79 Å². The molecule has 0 aliphatic carbocycles. The lowest BCUT2D eigenvalue weighted by Gasteiger charge is -2.11. The molecule has 0 atom stereocenters. The molecule has 0 N–H and O–H groups in total. The molecule has 25 heavy (non-hydrogen) atoms. The molecule has 0 radical (unpaired) electrons. The van der Waals surface area contributed by atoms with Gasteiger partial charge in [0.25, 0.3) is 0 Å². The van der Waals surface area contributed by atoms with Crippen LogP contribution in [0.5, 0.6) is 17.2 Å². The highest BCUT2D eigenvalue weighted by Gasteiger charge is 2.15. The van der Waals surface area contributed by atoms with Crippen LogP contribution in [-0.4, -0.2) is 5.97 Å². The smallest absolute Gasteiger partial charge is 0.347 e. The normalized spacial score (nSPS) is 10.3. The molecule has 126 valence electrons. The van der Waals surface area contributed by atoms with Gasteiger partial charge in [0.1, 0.15) is 22.8 Å². The van der Waals surface area contributed by atoms with E-state index in [2.05, 4.69) is 6.92 Å². The fraction of sp³-hybridized carbons (Fsp3) is 0.136. The molecule has 3 nitrogen and oxygen atoms in total. The second-order valence-corrected chi connectivity index (χ2v) is 5.80. The number of rotatable bonds is 5. The third-order valence-corrected chi connectivity index (χ3v) is 3.90. The van der Waals surface area contributed by atoms with Crippen LogP contribution in [0.1, 0.15) is 28.4 Å². The molecule has 0 spiro atoms. The van der Waals surface area contributed by atoms with Crippen LogP contribution in [0, 0.1) is 6.92 Å². The maximum atomic E-state index is 12.5. The molecule has 0 aromatic heterocycles. The van der Waals surface area contributed by atoms with Crippen molar-refractivity contribution in [2.24, 2.45) is 0 Å². The number of aryl methyl sites for hydroxylation is 2. The minimum atomic E-state index is -0.438. The lowest BCUT2D eigenvalue weighted by Crippen LogP contribution is -2.09. The Morgan fingerprint density at radius 1 is 0.840 bits per heavy atom. The molecule has 0 unspecified atom stereocenters. The number of para-hydroxylation sites is 1. The van der Waals surface area contributed by atoms with Gasteiger partial charge in [-0.1, -0.05) is 48.9 Å². The Kier molecular flexibility index (Phi) is 5.14. The molecule has 3 aromatic carbocycles. The summed E-state index contributed by atoms with van der Waals surface area (Å²) in [5, 5.41) is 0. The van der Waals surface area contributed by atoms with Gasteiger partial charge in [0.2, 0.25) is 0 Å². The van der Waals surface area contributed by atoms with Gasteiger partial charge in [0.05, 0.1) is 0 Å². The quantitative estimate of drug-likeness (QED) is 0.453. The molecule has 0 heterocycles. The Balaban J connectivity index is 1.79. The molecule has 3 heteroatoms. The number of ether oxygens (including phenoxy) is 2. The molecule has 0 aliphatic rings. The number of carbonyl (C=O) groups excluding carboxylic acids is 1. The number of esters is 1. The van der Waals surface area contributed by atoms with Crippen molar-refractivity contribution in [2.45, 2.75) is 20.3 Å². The summed E-state index contributed by atoms with van der Waals surface area (Å²) < 4.78 is 11.3. The zero-order chi connectivity index (χ0) is 17.6. The predicted molar refractivity (Wildman–Crippen MR) is 98.5 cm³/mol. The van der Waals surface area contributed by atoms with E-state index in [9.17, 15) is 4.79 Å². The molecule has 0 amide bonds. The van der Waals surface area contributed by atoms with Crippen LogP contribution >= 0.6 is 0 Å². The van der Waals surface area contributed by atoms with Crippen LogP contribution in [0.25, 0.3) is 0 Å². The van der Waals surface area contributed by atoms with Crippen LogP contribution in [-0.2, 0) is 6.42 Å². The van der Waals surface area contributed by atoms with Crippen molar-refractivity contribution in [3.63, 3.8) is 0 Å². The van der Waals surface area contributed by atoms with E-state index in [1.54, 1.807) is 30.3 Å². The number of hydrogen-bond acceptors (Lipinski definition) is 3. The molecule has 3 aromatic rings. The molecule has 0 fully saturated rings. The molecule has 0 bridgehead atoms. The van der Waals surface area contributed by atoms with Crippen LogP contribution < -0.4 is 9.47 Å². The maximum absolute atomic E-state index is 12.5. The fourth-order valence-electron chi connectivity index (χ4n) is 2.41. The van der Waals surface area contributed by atoms with Crippen molar-refractivity contribution >= 4 is 5.97 Å². The minimum Gasteiger partial charge on any atom is -0.456 e. The Bertz CT molecular complexity index is 849. The largest absolute Gasteiger partial charge is 0.456 e. The summed E-state index contributed by atoms with van der Waals surface area (Å²) >= 11 is 0. The molecule has 0 aliphatic heterocycles. The first-order valence-corrected chi connectivity index (χ1v) is 8.30. The molecule has 0 saturated carbocycles. The van der Waals surface area contributed by atoms with Gasteiger partial charge in [-0.05, 0) is 55.3 Å². The fourth-order valence-corrected chi connectivity index (χ4v) is 2.41. The van der Waals surface area contributed by atoms with E-state index in [-0.39, 0.29) is 0 Å².